The number of halogens is 2. The van der Waals surface area contributed by atoms with Gasteiger partial charge in [0.05, 0.1) is 16.9 Å². The molecule has 2 atom stereocenters. The van der Waals surface area contributed by atoms with Gasteiger partial charge < -0.3 is 14.7 Å². The van der Waals surface area contributed by atoms with E-state index in [1.807, 2.05) is 18.2 Å². The van der Waals surface area contributed by atoms with E-state index >= 15 is 0 Å². The molecular weight excluding hydrogens is 454 g/mol. The van der Waals surface area contributed by atoms with Crippen molar-refractivity contribution in [3.8, 4) is 5.75 Å². The van der Waals surface area contributed by atoms with E-state index in [4.69, 9.17) is 0 Å². The highest BCUT2D eigenvalue weighted by atomic mass is 32.2. The topological polar surface area (TPSA) is 87.2 Å². The van der Waals surface area contributed by atoms with E-state index in [1.165, 1.54) is 28.6 Å². The van der Waals surface area contributed by atoms with Crippen molar-refractivity contribution in [3.05, 3.63) is 71.3 Å². The number of hydrogen-bond acceptors (Lipinski definition) is 5. The summed E-state index contributed by atoms with van der Waals surface area (Å²) in [7, 11) is -3.83. The fraction of sp³-hybridized carbons (Fsp3) is 0.348. The average Bonchev–Trinajstić information content (AvgIpc) is 3.34. The van der Waals surface area contributed by atoms with Crippen LogP contribution in [0.5, 0.6) is 5.75 Å². The van der Waals surface area contributed by atoms with Crippen LogP contribution in [0.4, 0.5) is 8.78 Å². The number of carbonyl (C=O) groups is 1. The van der Waals surface area contributed by atoms with Gasteiger partial charge >= 0.3 is 6.61 Å². The zero-order valence-corrected chi connectivity index (χ0v) is 18.7. The van der Waals surface area contributed by atoms with Gasteiger partial charge in [0.2, 0.25) is 15.9 Å². The average molecular weight is 479 g/mol. The first kappa shape index (κ1) is 23.3. The van der Waals surface area contributed by atoms with Gasteiger partial charge in [0.25, 0.3) is 0 Å². The normalized spacial score (nSPS) is 18.5. The van der Waals surface area contributed by atoms with Crippen molar-refractivity contribution in [1.82, 2.24) is 9.21 Å². The van der Waals surface area contributed by atoms with Crippen molar-refractivity contribution in [2.75, 3.05) is 26.2 Å². The molecule has 1 amide bonds. The van der Waals surface area contributed by atoms with E-state index in [0.29, 0.717) is 13.1 Å². The van der Waals surface area contributed by atoms with Crippen molar-refractivity contribution in [2.24, 2.45) is 0 Å². The number of nitrogens with zero attached hydrogens (tertiary/aromatic N) is 2. The van der Waals surface area contributed by atoms with Gasteiger partial charge in [0.15, 0.2) is 0 Å². The Morgan fingerprint density at radius 3 is 2.06 bits per heavy atom. The Labute approximate surface area is 190 Å². The summed E-state index contributed by atoms with van der Waals surface area (Å²) >= 11 is 0. The van der Waals surface area contributed by atoms with Crippen LogP contribution in [0.2, 0.25) is 0 Å². The fourth-order valence-corrected chi connectivity index (χ4v) is 5.73. The first-order chi connectivity index (χ1) is 15.7. The molecule has 2 aromatic carbocycles. The zero-order valence-electron chi connectivity index (χ0n) is 17.9. The van der Waals surface area contributed by atoms with Crippen LogP contribution in [0.25, 0.3) is 0 Å². The predicted octanol–water partition coefficient (Wildman–Crippen LogP) is 2.60. The van der Waals surface area contributed by atoms with Crippen LogP contribution in [-0.2, 0) is 14.8 Å². The Balaban J connectivity index is 1.42. The summed E-state index contributed by atoms with van der Waals surface area (Å²) in [6, 6.07) is 13.9. The largest absolute Gasteiger partial charge is 0.435 e. The van der Waals surface area contributed by atoms with Gasteiger partial charge in [0, 0.05) is 26.2 Å². The number of alkyl halides is 2. The lowest BCUT2D eigenvalue weighted by Gasteiger charge is -2.28. The van der Waals surface area contributed by atoms with Gasteiger partial charge in [-0.15, -0.1) is 0 Å². The Morgan fingerprint density at radius 1 is 0.970 bits per heavy atom. The maximum atomic E-state index is 13.2. The van der Waals surface area contributed by atoms with Crippen LogP contribution in [0.1, 0.15) is 18.4 Å². The predicted molar refractivity (Wildman–Crippen MR) is 116 cm³/mol. The molecule has 2 heterocycles. The van der Waals surface area contributed by atoms with Gasteiger partial charge in [0.1, 0.15) is 5.75 Å². The number of rotatable bonds is 7. The lowest BCUT2D eigenvalue weighted by molar-refractivity contribution is -0.134. The molecule has 0 radical (unpaired) electrons. The monoisotopic (exact) mass is 478 g/mol. The Hall–Kier alpha value is -2.82. The Bertz CT molecular complexity index is 1130. The lowest BCUT2D eigenvalue weighted by atomic mass is 9.93. The minimum Gasteiger partial charge on any atom is -0.435 e. The van der Waals surface area contributed by atoms with Gasteiger partial charge in [-0.2, -0.15) is 13.1 Å². The first-order valence-corrected chi connectivity index (χ1v) is 11.9. The summed E-state index contributed by atoms with van der Waals surface area (Å²) < 4.78 is 56.2. The summed E-state index contributed by atoms with van der Waals surface area (Å²) in [4.78, 5) is 14.8. The summed E-state index contributed by atoms with van der Waals surface area (Å²) in [5.41, 5.74) is 2.46. The highest BCUT2D eigenvalue weighted by molar-refractivity contribution is 7.89. The second-order valence-corrected chi connectivity index (χ2v) is 10.1. The molecule has 1 N–H and O–H groups in total. The molecular formula is C23H24F2N2O5S. The van der Waals surface area contributed by atoms with E-state index in [2.05, 4.69) is 4.74 Å². The molecule has 0 aliphatic carbocycles. The number of carbonyl (C=O) groups excluding carboxylic acids is 1. The summed E-state index contributed by atoms with van der Waals surface area (Å²) in [6.45, 7) is -0.491. The molecule has 0 spiro atoms. The van der Waals surface area contributed by atoms with E-state index in [1.54, 1.807) is 24.0 Å². The second-order valence-electron chi connectivity index (χ2n) is 8.15. The van der Waals surface area contributed by atoms with Crippen LogP contribution in [0.15, 0.2) is 70.6 Å². The number of aliphatic hydroxyl groups is 1. The number of benzene rings is 2. The maximum Gasteiger partial charge on any atom is 0.387 e. The third-order valence-electron chi connectivity index (χ3n) is 5.90. The fourth-order valence-electron chi connectivity index (χ4n) is 4.30. The summed E-state index contributed by atoms with van der Waals surface area (Å²) in [6.07, 6.45) is -0.871. The highest BCUT2D eigenvalue weighted by Gasteiger charge is 2.40. The zero-order chi connectivity index (χ0) is 23.8. The van der Waals surface area contributed by atoms with Crippen molar-refractivity contribution in [1.29, 1.82) is 0 Å². The number of hydrogen-bond donors (Lipinski definition) is 1. The molecule has 0 saturated heterocycles. The van der Waals surface area contributed by atoms with Crippen molar-refractivity contribution in [2.45, 2.75) is 30.5 Å². The highest BCUT2D eigenvalue weighted by Crippen LogP contribution is 2.33. The molecule has 0 fully saturated rings. The van der Waals surface area contributed by atoms with Gasteiger partial charge in [-0.3, -0.25) is 4.79 Å². The summed E-state index contributed by atoms with van der Waals surface area (Å²) in [5, 5.41) is 10.2. The molecule has 0 aromatic heterocycles. The molecule has 0 unspecified atom stereocenters. The van der Waals surface area contributed by atoms with Crippen LogP contribution >= 0.6 is 0 Å². The molecule has 2 aliphatic heterocycles. The standard InChI is InChI=1S/C23H24F2N2O5S/c1-15(28)21(16-5-3-2-4-6-16)22(29)26-11-17-13-27(14-18(17)12-26)33(30,31)20-9-7-19(8-10-20)32-23(24)25/h2-10,15,21,23,28H,11-14H2,1H3/t15-,21-/m1/s1. The summed E-state index contributed by atoms with van der Waals surface area (Å²) in [5.74, 6) is -1.01. The smallest absolute Gasteiger partial charge is 0.387 e. The van der Waals surface area contributed by atoms with Gasteiger partial charge in [-0.05, 0) is 47.9 Å². The van der Waals surface area contributed by atoms with Crippen molar-refractivity contribution >= 4 is 15.9 Å². The van der Waals surface area contributed by atoms with Gasteiger partial charge in [-0.25, -0.2) is 8.42 Å². The van der Waals surface area contributed by atoms with E-state index in [-0.39, 0.29) is 29.6 Å². The minimum atomic E-state index is -3.83. The quantitative estimate of drug-likeness (QED) is 0.619. The number of aliphatic hydroxyl groups excluding tert-OH is 1. The molecule has 176 valence electrons. The molecule has 0 saturated carbocycles. The number of ether oxygens (including phenoxy) is 1. The Kier molecular flexibility index (Phi) is 6.51. The number of sulfonamides is 1. The van der Waals surface area contributed by atoms with Crippen LogP contribution < -0.4 is 4.74 Å². The van der Waals surface area contributed by atoms with Crippen LogP contribution in [-0.4, -0.2) is 67.5 Å². The third kappa shape index (κ3) is 4.78. The number of amides is 1. The molecule has 2 aliphatic rings. The molecule has 4 rings (SSSR count). The maximum absolute atomic E-state index is 13.2. The minimum absolute atomic E-state index is 0.0172. The van der Waals surface area contributed by atoms with Crippen molar-refractivity contribution in [3.63, 3.8) is 0 Å². The lowest BCUT2D eigenvalue weighted by Crippen LogP contribution is -2.40. The molecule has 10 heteroatoms. The molecule has 7 nitrogen and oxygen atoms in total. The van der Waals surface area contributed by atoms with Crippen LogP contribution in [0.3, 0.4) is 0 Å². The van der Waals surface area contributed by atoms with E-state index < -0.39 is 28.7 Å². The molecule has 33 heavy (non-hydrogen) atoms. The van der Waals surface area contributed by atoms with E-state index in [0.717, 1.165) is 16.7 Å². The second kappa shape index (κ2) is 9.20. The molecule has 0 bridgehead atoms. The van der Waals surface area contributed by atoms with E-state index in [9.17, 15) is 27.1 Å². The third-order valence-corrected chi connectivity index (χ3v) is 7.71. The van der Waals surface area contributed by atoms with Crippen molar-refractivity contribution < 1.29 is 31.8 Å². The first-order valence-electron chi connectivity index (χ1n) is 10.4. The van der Waals surface area contributed by atoms with Gasteiger partial charge in [-0.1, -0.05) is 30.3 Å². The Morgan fingerprint density at radius 2 is 1.55 bits per heavy atom. The van der Waals surface area contributed by atoms with Crippen LogP contribution in [0, 0.1) is 0 Å². The molecule has 2 aromatic rings. The SMILES string of the molecule is C[C@@H](O)[C@@H](C(=O)N1CC2=C(C1)CN(S(=O)(=O)c1ccc(OC(F)F)cc1)C2)c1ccccc1.